The van der Waals surface area contributed by atoms with E-state index in [1.54, 1.807) is 66.4 Å². The Morgan fingerprint density at radius 2 is 1.79 bits per heavy atom. The van der Waals surface area contributed by atoms with Crippen LogP contribution in [0.25, 0.3) is 0 Å². The zero-order chi connectivity index (χ0) is 30.1. The van der Waals surface area contributed by atoms with E-state index in [0.29, 0.717) is 22.7 Å². The molecular formula is C30H31N5O7. The second-order valence-electron chi connectivity index (χ2n) is 9.39. The van der Waals surface area contributed by atoms with Gasteiger partial charge in [-0.1, -0.05) is 59.8 Å². The van der Waals surface area contributed by atoms with Crippen LogP contribution in [0.4, 0.5) is 11.4 Å². The van der Waals surface area contributed by atoms with Crippen LogP contribution in [0.2, 0.25) is 0 Å². The normalized spacial score (nSPS) is 13.4. The van der Waals surface area contributed by atoms with E-state index in [2.05, 4.69) is 15.8 Å². The Balaban J connectivity index is 1.49. The van der Waals surface area contributed by atoms with Crippen LogP contribution in [-0.2, 0) is 36.9 Å². The number of esters is 1. The molecule has 0 radical (unpaired) electrons. The van der Waals surface area contributed by atoms with Gasteiger partial charge in [0.05, 0.1) is 18.8 Å². The maximum atomic E-state index is 13.3. The average molecular weight is 574 g/mol. The molecule has 12 heteroatoms. The summed E-state index contributed by atoms with van der Waals surface area (Å²) in [6.45, 7) is 1.53. The molecule has 218 valence electrons. The third kappa shape index (κ3) is 7.42. The van der Waals surface area contributed by atoms with Crippen LogP contribution >= 0.6 is 0 Å². The molecular weight excluding hydrogens is 542 g/mol. The first-order valence-electron chi connectivity index (χ1n) is 13.2. The minimum Gasteiger partial charge on any atom is -0.481 e. The molecule has 3 aromatic carbocycles. The lowest BCUT2D eigenvalue weighted by molar-refractivity contribution is -0.144. The molecule has 3 aromatic rings. The number of ether oxygens (including phenoxy) is 2. The molecule has 1 aliphatic rings. The second-order valence-corrected chi connectivity index (χ2v) is 9.39. The SMILES string of the molecule is CCOC(=O)CNC(=O)C(Cc1ccccc1)C(=O)Nc1ccc2c(c1)OCC(=O)N2Cc1ccc(C(N)=NO)cc1. The van der Waals surface area contributed by atoms with Gasteiger partial charge in [-0.15, -0.1) is 0 Å². The maximum absolute atomic E-state index is 13.3. The van der Waals surface area contributed by atoms with Crippen LogP contribution in [0.1, 0.15) is 23.6 Å². The Labute approximate surface area is 242 Å². The van der Waals surface area contributed by atoms with Gasteiger partial charge in [0.1, 0.15) is 18.2 Å². The molecule has 0 aromatic heterocycles. The van der Waals surface area contributed by atoms with Crippen molar-refractivity contribution in [2.24, 2.45) is 16.8 Å². The maximum Gasteiger partial charge on any atom is 0.325 e. The summed E-state index contributed by atoms with van der Waals surface area (Å²) in [5.74, 6) is -2.82. The van der Waals surface area contributed by atoms with E-state index in [1.807, 2.05) is 18.2 Å². The van der Waals surface area contributed by atoms with E-state index >= 15 is 0 Å². The zero-order valence-corrected chi connectivity index (χ0v) is 22.9. The number of fused-ring (bicyclic) bond motifs is 1. The van der Waals surface area contributed by atoms with Gasteiger partial charge in [0.2, 0.25) is 11.8 Å². The minimum absolute atomic E-state index is 0.0218. The molecule has 1 aliphatic heterocycles. The largest absolute Gasteiger partial charge is 0.481 e. The molecule has 12 nitrogen and oxygen atoms in total. The van der Waals surface area contributed by atoms with E-state index < -0.39 is 23.7 Å². The molecule has 0 aliphatic carbocycles. The fourth-order valence-corrected chi connectivity index (χ4v) is 4.35. The molecule has 0 bridgehead atoms. The fraction of sp³-hybridized carbons (Fsp3) is 0.233. The topological polar surface area (TPSA) is 173 Å². The van der Waals surface area contributed by atoms with Crippen molar-refractivity contribution in [2.75, 3.05) is 30.0 Å². The van der Waals surface area contributed by atoms with E-state index in [4.69, 9.17) is 20.4 Å². The number of hydrogen-bond acceptors (Lipinski definition) is 8. The molecule has 1 atom stereocenters. The molecule has 4 rings (SSSR count). The third-order valence-corrected chi connectivity index (χ3v) is 6.50. The van der Waals surface area contributed by atoms with Crippen molar-refractivity contribution in [3.8, 4) is 5.75 Å². The van der Waals surface area contributed by atoms with Gasteiger partial charge in [-0.25, -0.2) is 0 Å². The number of amidine groups is 1. The number of nitrogens with zero attached hydrogens (tertiary/aromatic N) is 2. The summed E-state index contributed by atoms with van der Waals surface area (Å²) >= 11 is 0. The van der Waals surface area contributed by atoms with E-state index in [-0.39, 0.29) is 44.5 Å². The summed E-state index contributed by atoms with van der Waals surface area (Å²) in [6, 6.07) is 20.8. The smallest absolute Gasteiger partial charge is 0.325 e. The molecule has 5 N–H and O–H groups in total. The molecule has 3 amide bonds. The number of benzene rings is 3. The lowest BCUT2D eigenvalue weighted by Crippen LogP contribution is -2.41. The molecule has 0 spiro atoms. The van der Waals surface area contributed by atoms with Gasteiger partial charge in [-0.3, -0.25) is 19.2 Å². The van der Waals surface area contributed by atoms with Crippen molar-refractivity contribution in [2.45, 2.75) is 19.9 Å². The highest BCUT2D eigenvalue weighted by molar-refractivity contribution is 6.07. The average Bonchev–Trinajstić information content (AvgIpc) is 3.00. The van der Waals surface area contributed by atoms with Gasteiger partial charge in [0.25, 0.3) is 5.91 Å². The predicted molar refractivity (Wildman–Crippen MR) is 154 cm³/mol. The standard InChI is InChI=1S/C30H31N5O7/c1-2-41-27(37)16-32-29(38)23(14-19-6-4-3-5-7-19)30(39)33-22-12-13-24-25(15-22)42-18-26(36)35(24)17-20-8-10-21(11-9-20)28(31)34-40/h3-13,15,23,40H,2,14,16-18H2,1H3,(H2,31,34)(H,32,38)(H,33,39). The van der Waals surface area contributed by atoms with E-state index in [0.717, 1.165) is 11.1 Å². The summed E-state index contributed by atoms with van der Waals surface area (Å²) in [4.78, 5) is 52.3. The molecule has 0 saturated heterocycles. The van der Waals surface area contributed by atoms with E-state index in [9.17, 15) is 19.2 Å². The Bertz CT molecular complexity index is 1480. The molecule has 1 unspecified atom stereocenters. The van der Waals surface area contributed by atoms with Crippen molar-refractivity contribution in [3.63, 3.8) is 0 Å². The summed E-state index contributed by atoms with van der Waals surface area (Å²) in [5.41, 5.74) is 8.62. The Morgan fingerprint density at radius 3 is 2.48 bits per heavy atom. The van der Waals surface area contributed by atoms with Crippen molar-refractivity contribution >= 4 is 40.9 Å². The van der Waals surface area contributed by atoms with Crippen LogP contribution < -0.4 is 26.0 Å². The minimum atomic E-state index is -1.13. The van der Waals surface area contributed by atoms with Gasteiger partial charge in [0, 0.05) is 17.3 Å². The van der Waals surface area contributed by atoms with Crippen LogP contribution in [0.3, 0.4) is 0 Å². The predicted octanol–water partition coefficient (Wildman–Crippen LogP) is 2.18. The number of carbonyl (C=O) groups is 4. The van der Waals surface area contributed by atoms with Crippen molar-refractivity contribution in [1.82, 2.24) is 5.32 Å². The van der Waals surface area contributed by atoms with Crippen molar-refractivity contribution < 1.29 is 33.9 Å². The fourth-order valence-electron chi connectivity index (χ4n) is 4.35. The number of nitrogens with two attached hydrogens (primary N) is 1. The van der Waals surface area contributed by atoms with Gasteiger partial charge < -0.3 is 35.9 Å². The quantitative estimate of drug-likeness (QED) is 0.0675. The van der Waals surface area contributed by atoms with Gasteiger partial charge in [0.15, 0.2) is 12.4 Å². The van der Waals surface area contributed by atoms with Gasteiger partial charge in [-0.05, 0) is 36.6 Å². The number of rotatable bonds is 11. The Morgan fingerprint density at radius 1 is 1.05 bits per heavy atom. The highest BCUT2D eigenvalue weighted by Gasteiger charge is 2.29. The number of nitrogens with one attached hydrogen (secondary N) is 2. The first kappa shape index (κ1) is 29.6. The van der Waals surface area contributed by atoms with Crippen LogP contribution in [0.5, 0.6) is 5.75 Å². The van der Waals surface area contributed by atoms with Crippen LogP contribution in [-0.4, -0.2) is 54.5 Å². The first-order valence-corrected chi connectivity index (χ1v) is 13.2. The molecule has 42 heavy (non-hydrogen) atoms. The highest BCUT2D eigenvalue weighted by Crippen LogP contribution is 2.35. The summed E-state index contributed by atoms with van der Waals surface area (Å²) in [5, 5.41) is 17.1. The summed E-state index contributed by atoms with van der Waals surface area (Å²) in [7, 11) is 0. The van der Waals surface area contributed by atoms with Gasteiger partial charge in [-0.2, -0.15) is 0 Å². The monoisotopic (exact) mass is 573 g/mol. The lowest BCUT2D eigenvalue weighted by Gasteiger charge is -2.30. The number of hydrogen-bond donors (Lipinski definition) is 4. The van der Waals surface area contributed by atoms with Crippen LogP contribution in [0.15, 0.2) is 78.0 Å². The number of carbonyl (C=O) groups excluding carboxylic acids is 4. The first-order chi connectivity index (χ1) is 20.3. The molecule has 0 saturated carbocycles. The second kappa shape index (κ2) is 13.8. The summed E-state index contributed by atoms with van der Waals surface area (Å²) in [6.07, 6.45) is 0.111. The number of oxime groups is 1. The summed E-state index contributed by atoms with van der Waals surface area (Å²) < 4.78 is 10.5. The zero-order valence-electron chi connectivity index (χ0n) is 22.9. The van der Waals surface area contributed by atoms with Crippen molar-refractivity contribution in [3.05, 3.63) is 89.5 Å². The third-order valence-electron chi connectivity index (χ3n) is 6.50. The lowest BCUT2D eigenvalue weighted by atomic mass is 9.97. The molecule has 0 fully saturated rings. The van der Waals surface area contributed by atoms with Gasteiger partial charge >= 0.3 is 5.97 Å². The number of amides is 3. The Kier molecular flexibility index (Phi) is 9.72. The highest BCUT2D eigenvalue weighted by atomic mass is 16.5. The van der Waals surface area contributed by atoms with Crippen molar-refractivity contribution in [1.29, 1.82) is 0 Å². The van der Waals surface area contributed by atoms with Crippen LogP contribution in [0, 0.1) is 5.92 Å². The Hall–Kier alpha value is -5.39. The van der Waals surface area contributed by atoms with E-state index in [1.165, 1.54) is 0 Å². The molecule has 1 heterocycles. The number of anilines is 2.